The molecule has 0 bridgehead atoms. The van der Waals surface area contributed by atoms with Crippen LogP contribution in [-0.4, -0.2) is 46.5 Å². The van der Waals surface area contributed by atoms with Crippen molar-refractivity contribution >= 4 is 10.0 Å². The van der Waals surface area contributed by atoms with Gasteiger partial charge in [-0.15, -0.1) is 0 Å². The molecule has 0 saturated carbocycles. The molecule has 0 aromatic carbocycles. The summed E-state index contributed by atoms with van der Waals surface area (Å²) in [7, 11) is -3.16. The molecule has 18 heavy (non-hydrogen) atoms. The van der Waals surface area contributed by atoms with Crippen LogP contribution >= 0.6 is 0 Å². The minimum atomic E-state index is -3.16. The Morgan fingerprint density at radius 1 is 1.39 bits per heavy atom. The van der Waals surface area contributed by atoms with Crippen molar-refractivity contribution in [1.29, 1.82) is 0 Å². The Bertz CT molecular complexity index is 386. The molecule has 2 aliphatic rings. The monoisotopic (exact) mass is 274 g/mol. The van der Waals surface area contributed by atoms with E-state index in [0.29, 0.717) is 32.6 Å². The first-order chi connectivity index (χ1) is 8.68. The lowest BCUT2D eigenvalue weighted by atomic mass is 10.1. The predicted octanol–water partition coefficient (Wildman–Crippen LogP) is 0.395. The normalized spacial score (nSPS) is 22.8. The third kappa shape index (κ3) is 4.05. The van der Waals surface area contributed by atoms with Gasteiger partial charge in [-0.3, -0.25) is 0 Å². The molecule has 2 N–H and O–H groups in total. The Kier molecular flexibility index (Phi) is 5.17. The first-order valence-electron chi connectivity index (χ1n) is 6.63. The molecule has 0 spiro atoms. The van der Waals surface area contributed by atoms with Gasteiger partial charge in [0.25, 0.3) is 0 Å². The molecule has 0 unspecified atom stereocenters. The average Bonchev–Trinajstić information content (AvgIpc) is 2.41. The van der Waals surface area contributed by atoms with E-state index in [1.54, 1.807) is 0 Å². The number of nitrogens with one attached hydrogen (secondary N) is 2. The standard InChI is InChI=1S/C12H22N2O3S/c15-18(16,12-4-9-17-10-5-12)14-8-3-11-1-6-13-7-2-11/h1,12-14H,2-10H2. The third-order valence-corrected chi connectivity index (χ3v) is 5.47. The summed E-state index contributed by atoms with van der Waals surface area (Å²) < 4.78 is 32.0. The SMILES string of the molecule is O=S(=O)(NCCC1=CCNCC1)C1CCOCC1. The fourth-order valence-corrected chi connectivity index (χ4v) is 3.79. The van der Waals surface area contributed by atoms with Crippen molar-refractivity contribution in [2.24, 2.45) is 0 Å². The zero-order valence-corrected chi connectivity index (χ0v) is 11.5. The van der Waals surface area contributed by atoms with E-state index in [9.17, 15) is 8.42 Å². The lowest BCUT2D eigenvalue weighted by Gasteiger charge is -2.22. The molecule has 104 valence electrons. The molecular weight excluding hydrogens is 252 g/mol. The van der Waals surface area contributed by atoms with Gasteiger partial charge in [-0.1, -0.05) is 11.6 Å². The summed E-state index contributed by atoms with van der Waals surface area (Å²) in [6.45, 7) is 3.54. The lowest BCUT2D eigenvalue weighted by molar-refractivity contribution is 0.0981. The van der Waals surface area contributed by atoms with Crippen LogP contribution in [0.3, 0.4) is 0 Å². The topological polar surface area (TPSA) is 67.4 Å². The van der Waals surface area contributed by atoms with E-state index in [4.69, 9.17) is 4.74 Å². The lowest BCUT2D eigenvalue weighted by Crippen LogP contribution is -2.38. The van der Waals surface area contributed by atoms with Gasteiger partial charge in [-0.2, -0.15) is 0 Å². The fourth-order valence-electron chi connectivity index (χ4n) is 2.35. The zero-order valence-electron chi connectivity index (χ0n) is 10.7. The maximum absolute atomic E-state index is 12.0. The van der Waals surface area contributed by atoms with E-state index in [1.165, 1.54) is 5.57 Å². The van der Waals surface area contributed by atoms with Crippen LogP contribution in [-0.2, 0) is 14.8 Å². The highest BCUT2D eigenvalue weighted by Gasteiger charge is 2.27. The van der Waals surface area contributed by atoms with Crippen molar-refractivity contribution in [1.82, 2.24) is 10.0 Å². The molecule has 2 rings (SSSR count). The molecule has 0 atom stereocenters. The van der Waals surface area contributed by atoms with Crippen LogP contribution in [0.4, 0.5) is 0 Å². The van der Waals surface area contributed by atoms with Crippen LogP contribution in [0.25, 0.3) is 0 Å². The van der Waals surface area contributed by atoms with Gasteiger partial charge in [-0.05, 0) is 32.2 Å². The zero-order chi connectivity index (χ0) is 12.8. The van der Waals surface area contributed by atoms with E-state index >= 15 is 0 Å². The van der Waals surface area contributed by atoms with E-state index in [-0.39, 0.29) is 5.25 Å². The maximum Gasteiger partial charge on any atom is 0.214 e. The molecule has 2 heterocycles. The van der Waals surface area contributed by atoms with Crippen molar-refractivity contribution in [3.63, 3.8) is 0 Å². The summed E-state index contributed by atoms with van der Waals surface area (Å²) in [5, 5.41) is 2.97. The summed E-state index contributed by atoms with van der Waals surface area (Å²) in [4.78, 5) is 0. The van der Waals surface area contributed by atoms with Gasteiger partial charge in [0.15, 0.2) is 0 Å². The Morgan fingerprint density at radius 2 is 2.17 bits per heavy atom. The van der Waals surface area contributed by atoms with Crippen LogP contribution < -0.4 is 10.0 Å². The highest BCUT2D eigenvalue weighted by Crippen LogP contribution is 2.15. The quantitative estimate of drug-likeness (QED) is 0.712. The first kappa shape index (κ1) is 14.0. The smallest absolute Gasteiger partial charge is 0.214 e. The summed E-state index contributed by atoms with van der Waals surface area (Å²) in [5.41, 5.74) is 1.35. The van der Waals surface area contributed by atoms with Gasteiger partial charge in [0.05, 0.1) is 5.25 Å². The maximum atomic E-state index is 12.0. The Morgan fingerprint density at radius 3 is 2.83 bits per heavy atom. The highest BCUT2D eigenvalue weighted by atomic mass is 32.2. The van der Waals surface area contributed by atoms with E-state index in [2.05, 4.69) is 16.1 Å². The molecule has 0 amide bonds. The molecule has 0 aromatic rings. The van der Waals surface area contributed by atoms with Gasteiger partial charge in [0.1, 0.15) is 0 Å². The van der Waals surface area contributed by atoms with Gasteiger partial charge >= 0.3 is 0 Å². The average molecular weight is 274 g/mol. The van der Waals surface area contributed by atoms with Crippen molar-refractivity contribution in [3.05, 3.63) is 11.6 Å². The molecule has 1 fully saturated rings. The van der Waals surface area contributed by atoms with Gasteiger partial charge in [-0.25, -0.2) is 13.1 Å². The number of ether oxygens (including phenoxy) is 1. The molecule has 0 radical (unpaired) electrons. The molecule has 2 aliphatic heterocycles. The van der Waals surface area contributed by atoms with Gasteiger partial charge < -0.3 is 10.1 Å². The predicted molar refractivity (Wildman–Crippen MR) is 71.0 cm³/mol. The summed E-state index contributed by atoms with van der Waals surface area (Å²) in [5.74, 6) is 0. The largest absolute Gasteiger partial charge is 0.381 e. The number of hydrogen-bond donors (Lipinski definition) is 2. The highest BCUT2D eigenvalue weighted by molar-refractivity contribution is 7.90. The van der Waals surface area contributed by atoms with Crippen molar-refractivity contribution in [2.75, 3.05) is 32.8 Å². The number of sulfonamides is 1. The summed E-state index contributed by atoms with van der Waals surface area (Å²) in [6.07, 6.45) is 5.24. The first-order valence-corrected chi connectivity index (χ1v) is 8.18. The molecule has 5 nitrogen and oxygen atoms in total. The minimum Gasteiger partial charge on any atom is -0.381 e. The van der Waals surface area contributed by atoms with E-state index in [1.807, 2.05) is 0 Å². The number of hydrogen-bond acceptors (Lipinski definition) is 4. The van der Waals surface area contributed by atoms with E-state index < -0.39 is 10.0 Å². The summed E-state index contributed by atoms with van der Waals surface area (Å²) >= 11 is 0. The van der Waals surface area contributed by atoms with Crippen LogP contribution in [0, 0.1) is 0 Å². The van der Waals surface area contributed by atoms with Gasteiger partial charge in [0, 0.05) is 26.3 Å². The van der Waals surface area contributed by atoms with Crippen LogP contribution in [0.15, 0.2) is 11.6 Å². The van der Waals surface area contributed by atoms with Crippen molar-refractivity contribution < 1.29 is 13.2 Å². The molecule has 6 heteroatoms. The molecule has 0 aliphatic carbocycles. The van der Waals surface area contributed by atoms with Crippen LogP contribution in [0.2, 0.25) is 0 Å². The van der Waals surface area contributed by atoms with Gasteiger partial charge in [0.2, 0.25) is 10.0 Å². The fraction of sp³-hybridized carbons (Fsp3) is 0.833. The Hall–Kier alpha value is -0.430. The van der Waals surface area contributed by atoms with Crippen molar-refractivity contribution in [2.45, 2.75) is 30.9 Å². The second-order valence-corrected chi connectivity index (χ2v) is 6.86. The third-order valence-electron chi connectivity index (χ3n) is 3.51. The second-order valence-electron chi connectivity index (χ2n) is 4.82. The van der Waals surface area contributed by atoms with E-state index in [0.717, 1.165) is 25.9 Å². The van der Waals surface area contributed by atoms with Crippen LogP contribution in [0.1, 0.15) is 25.7 Å². The van der Waals surface area contributed by atoms with Crippen molar-refractivity contribution in [3.8, 4) is 0 Å². The molecular formula is C12H22N2O3S. The Balaban J connectivity index is 1.76. The number of rotatable bonds is 5. The molecule has 1 saturated heterocycles. The minimum absolute atomic E-state index is 0.270. The van der Waals surface area contributed by atoms with Crippen LogP contribution in [0.5, 0.6) is 0 Å². The second kappa shape index (κ2) is 6.65. The summed E-state index contributed by atoms with van der Waals surface area (Å²) in [6, 6.07) is 0. The Labute approximate surface area is 109 Å². The molecule has 0 aromatic heterocycles.